The first kappa shape index (κ1) is 23.4. The first-order valence-corrected chi connectivity index (χ1v) is 13.9. The monoisotopic (exact) mass is 444 g/mol. The minimum Gasteiger partial charge on any atom is -0.393 e. The summed E-state index contributed by atoms with van der Waals surface area (Å²) in [5.41, 5.74) is -0.271. The Labute approximate surface area is 196 Å². The number of fused-ring (bicyclic) bond motifs is 2. The number of hydrogen-bond donors (Lipinski definition) is 1. The number of rotatable bonds is 6. The van der Waals surface area contributed by atoms with Gasteiger partial charge in [0.25, 0.3) is 0 Å². The highest BCUT2D eigenvalue weighted by molar-refractivity contribution is 5.33. The predicted molar refractivity (Wildman–Crippen MR) is 129 cm³/mol. The van der Waals surface area contributed by atoms with Gasteiger partial charge in [-0.2, -0.15) is 0 Å². The van der Waals surface area contributed by atoms with Crippen molar-refractivity contribution in [2.24, 2.45) is 46.3 Å². The third-order valence-electron chi connectivity index (χ3n) is 11.8. The zero-order chi connectivity index (χ0) is 22.9. The molecule has 0 radical (unpaired) electrons. The molecular formula is C29H48O3. The molecule has 3 heteroatoms. The van der Waals surface area contributed by atoms with Crippen molar-refractivity contribution in [2.75, 3.05) is 0 Å². The van der Waals surface area contributed by atoms with Crippen LogP contribution in [0.1, 0.15) is 106 Å². The van der Waals surface area contributed by atoms with E-state index in [0.29, 0.717) is 23.7 Å². The fourth-order valence-corrected chi connectivity index (χ4v) is 9.76. The Hall–Kier alpha value is -0.380. The van der Waals surface area contributed by atoms with Gasteiger partial charge in [0.05, 0.1) is 6.10 Å². The van der Waals surface area contributed by atoms with Gasteiger partial charge in [0.1, 0.15) is 11.2 Å². The van der Waals surface area contributed by atoms with Gasteiger partial charge >= 0.3 is 0 Å². The maximum Gasteiger partial charge on any atom is 0.130 e. The van der Waals surface area contributed by atoms with Crippen LogP contribution in [0, 0.1) is 46.3 Å². The molecule has 1 saturated heterocycles. The Balaban J connectivity index is 1.39. The molecule has 0 aromatic rings. The molecule has 3 saturated carbocycles. The van der Waals surface area contributed by atoms with Crippen LogP contribution in [0.3, 0.4) is 0 Å². The van der Waals surface area contributed by atoms with Gasteiger partial charge in [-0.1, -0.05) is 60.5 Å². The largest absolute Gasteiger partial charge is 0.393 e. The lowest BCUT2D eigenvalue weighted by Crippen LogP contribution is -2.73. The molecule has 2 heterocycles. The third-order valence-corrected chi connectivity index (χ3v) is 11.8. The van der Waals surface area contributed by atoms with Gasteiger partial charge in [0.15, 0.2) is 0 Å². The van der Waals surface area contributed by atoms with Crippen molar-refractivity contribution in [3.05, 3.63) is 12.2 Å². The lowest BCUT2D eigenvalue weighted by molar-refractivity contribution is -0.497. The highest BCUT2D eigenvalue weighted by atomic mass is 17.2. The molecule has 0 aromatic heterocycles. The van der Waals surface area contributed by atoms with Gasteiger partial charge in [-0.25, -0.2) is 9.78 Å². The topological polar surface area (TPSA) is 38.7 Å². The van der Waals surface area contributed by atoms with Crippen molar-refractivity contribution in [1.29, 1.82) is 0 Å². The first-order valence-electron chi connectivity index (χ1n) is 13.9. The van der Waals surface area contributed by atoms with Crippen LogP contribution in [-0.4, -0.2) is 22.4 Å². The van der Waals surface area contributed by atoms with E-state index in [-0.39, 0.29) is 17.1 Å². The summed E-state index contributed by atoms with van der Waals surface area (Å²) in [6.45, 7) is 14.7. The van der Waals surface area contributed by atoms with Crippen molar-refractivity contribution in [1.82, 2.24) is 0 Å². The van der Waals surface area contributed by atoms with Gasteiger partial charge in [0, 0.05) is 23.7 Å². The zero-order valence-electron chi connectivity index (χ0n) is 21.5. The van der Waals surface area contributed by atoms with Crippen LogP contribution < -0.4 is 0 Å². The average Bonchev–Trinajstić information content (AvgIpc) is 3.12. The van der Waals surface area contributed by atoms with Crippen molar-refractivity contribution >= 4 is 0 Å². The SMILES string of the molecule is CCC(CCC(C)C1CCC2C1(C)CCC1C23C=CC2(CC(O)CCC12C)OO3)C(C)C. The summed E-state index contributed by atoms with van der Waals surface area (Å²) in [4.78, 5) is 12.8. The highest BCUT2D eigenvalue weighted by Crippen LogP contribution is 2.72. The molecule has 32 heavy (non-hydrogen) atoms. The minimum absolute atomic E-state index is 0.0792. The average molecular weight is 445 g/mol. The Morgan fingerprint density at radius 1 is 0.938 bits per heavy atom. The number of aliphatic hydroxyl groups excluding tert-OH is 1. The molecule has 1 N–H and O–H groups in total. The molecule has 10 unspecified atom stereocenters. The molecule has 6 aliphatic rings. The normalized spacial score (nSPS) is 51.2. The Kier molecular flexibility index (Phi) is 5.71. The summed E-state index contributed by atoms with van der Waals surface area (Å²) in [5, 5.41) is 10.4. The molecule has 0 aromatic carbocycles. The minimum atomic E-state index is -0.428. The van der Waals surface area contributed by atoms with Crippen LogP contribution in [-0.2, 0) is 9.78 Å². The lowest BCUT2D eigenvalue weighted by Gasteiger charge is -2.69. The molecule has 6 rings (SSSR count). The lowest BCUT2D eigenvalue weighted by atomic mass is 9.42. The van der Waals surface area contributed by atoms with Crippen LogP contribution in [0.5, 0.6) is 0 Å². The summed E-state index contributed by atoms with van der Waals surface area (Å²) < 4.78 is 0. The smallest absolute Gasteiger partial charge is 0.130 e. The molecule has 182 valence electrons. The Morgan fingerprint density at radius 3 is 2.38 bits per heavy atom. The summed E-state index contributed by atoms with van der Waals surface area (Å²) in [7, 11) is 0. The molecule has 10 atom stereocenters. The Bertz CT molecular complexity index is 747. The van der Waals surface area contributed by atoms with Crippen LogP contribution in [0.15, 0.2) is 12.2 Å². The van der Waals surface area contributed by atoms with E-state index < -0.39 is 5.60 Å². The van der Waals surface area contributed by atoms with E-state index in [2.05, 4.69) is 53.7 Å². The number of hydrogen-bond acceptors (Lipinski definition) is 3. The summed E-state index contributed by atoms with van der Waals surface area (Å²) >= 11 is 0. The number of aliphatic hydroxyl groups is 1. The quantitative estimate of drug-likeness (QED) is 0.351. The second-order valence-corrected chi connectivity index (χ2v) is 13.4. The van der Waals surface area contributed by atoms with Crippen LogP contribution in [0.25, 0.3) is 0 Å². The highest BCUT2D eigenvalue weighted by Gasteiger charge is 2.74. The van der Waals surface area contributed by atoms with Crippen molar-refractivity contribution in [3.63, 3.8) is 0 Å². The molecule has 3 nitrogen and oxygen atoms in total. The van der Waals surface area contributed by atoms with Crippen LogP contribution in [0.4, 0.5) is 0 Å². The maximum absolute atomic E-state index is 10.4. The second-order valence-electron chi connectivity index (χ2n) is 13.4. The third kappa shape index (κ3) is 3.02. The summed E-state index contributed by atoms with van der Waals surface area (Å²) in [5.74, 6) is 4.29. The molecule has 0 amide bonds. The van der Waals surface area contributed by atoms with E-state index in [9.17, 15) is 5.11 Å². The summed E-state index contributed by atoms with van der Waals surface area (Å²) in [6, 6.07) is 0. The van der Waals surface area contributed by atoms with Gasteiger partial charge in [-0.05, 0) is 80.1 Å². The van der Waals surface area contributed by atoms with Crippen molar-refractivity contribution in [3.8, 4) is 0 Å². The summed E-state index contributed by atoms with van der Waals surface area (Å²) in [6.07, 6.45) is 16.3. The molecule has 4 fully saturated rings. The predicted octanol–water partition coefficient (Wildman–Crippen LogP) is 7.09. The van der Waals surface area contributed by atoms with E-state index in [1.165, 1.54) is 44.9 Å². The van der Waals surface area contributed by atoms with E-state index >= 15 is 0 Å². The zero-order valence-corrected chi connectivity index (χ0v) is 21.5. The molecule has 2 bridgehead atoms. The fourth-order valence-electron chi connectivity index (χ4n) is 9.76. The Morgan fingerprint density at radius 2 is 1.72 bits per heavy atom. The van der Waals surface area contributed by atoms with Gasteiger partial charge in [-0.3, -0.25) is 0 Å². The van der Waals surface area contributed by atoms with Crippen molar-refractivity contribution < 1.29 is 14.9 Å². The standard InChI is InChI=1S/C29H48O3/c1-7-21(19(2)3)9-8-20(4)23-10-11-24-26(23,5)14-13-25-27(6)15-12-22(30)18-28(27)16-17-29(24,25)32-31-28/h16-17,19-25,30H,7-15,18H2,1-6H3. The van der Waals surface area contributed by atoms with Gasteiger partial charge in [0.2, 0.25) is 0 Å². The van der Waals surface area contributed by atoms with E-state index in [1.54, 1.807) is 0 Å². The van der Waals surface area contributed by atoms with Gasteiger partial charge < -0.3 is 5.11 Å². The van der Waals surface area contributed by atoms with Crippen molar-refractivity contribution in [2.45, 2.75) is 123 Å². The van der Waals surface area contributed by atoms with E-state index in [1.807, 2.05) is 0 Å². The van der Waals surface area contributed by atoms with Crippen LogP contribution >= 0.6 is 0 Å². The van der Waals surface area contributed by atoms with Gasteiger partial charge in [-0.15, -0.1) is 0 Å². The fraction of sp³-hybridized carbons (Fsp3) is 0.931. The first-order chi connectivity index (χ1) is 15.1. The molecular weight excluding hydrogens is 396 g/mol. The van der Waals surface area contributed by atoms with E-state index in [4.69, 9.17) is 9.78 Å². The molecule has 2 spiro atoms. The van der Waals surface area contributed by atoms with Crippen LogP contribution in [0.2, 0.25) is 0 Å². The molecule has 2 aliphatic heterocycles. The molecule has 4 aliphatic carbocycles. The van der Waals surface area contributed by atoms with E-state index in [0.717, 1.165) is 36.5 Å². The second kappa shape index (κ2) is 7.82. The maximum atomic E-state index is 10.4.